The summed E-state index contributed by atoms with van der Waals surface area (Å²) in [6.07, 6.45) is 0.0348. The van der Waals surface area contributed by atoms with Gasteiger partial charge in [-0.2, -0.15) is 14.8 Å². The van der Waals surface area contributed by atoms with Crippen LogP contribution in [-0.4, -0.2) is 36.7 Å². The van der Waals surface area contributed by atoms with Crippen molar-refractivity contribution in [1.82, 2.24) is 9.29 Å². The average Bonchev–Trinajstić information content (AvgIpc) is 3.28. The molecule has 1 heterocycles. The van der Waals surface area contributed by atoms with Crippen LogP contribution in [0.4, 0.5) is 5.13 Å². The molecule has 0 aliphatic heterocycles. The SMILES string of the molecule is Cc1ccc(-c2csc(NC(=O)c3ccc(S(=O)(=O)N(CCC#N)CCC#N)cc3)n2)cc1. The summed E-state index contributed by atoms with van der Waals surface area (Å²) in [5.41, 5.74) is 3.13. The predicted octanol–water partition coefficient (Wildman–Crippen LogP) is 4.19. The molecule has 0 spiro atoms. The molecule has 3 rings (SSSR count). The summed E-state index contributed by atoms with van der Waals surface area (Å²) >= 11 is 1.30. The zero-order chi connectivity index (χ0) is 23.8. The Kier molecular flexibility index (Phi) is 7.91. The number of amides is 1. The Labute approximate surface area is 196 Å². The van der Waals surface area contributed by atoms with Crippen molar-refractivity contribution in [3.05, 3.63) is 65.0 Å². The Bertz CT molecular complexity index is 1280. The molecule has 0 saturated carbocycles. The van der Waals surface area contributed by atoms with Crippen LogP contribution in [0, 0.1) is 29.6 Å². The number of sulfonamides is 1. The van der Waals surface area contributed by atoms with Gasteiger partial charge in [0.2, 0.25) is 10.0 Å². The van der Waals surface area contributed by atoms with Crippen molar-refractivity contribution in [2.24, 2.45) is 0 Å². The first kappa shape index (κ1) is 24.1. The van der Waals surface area contributed by atoms with Gasteiger partial charge >= 0.3 is 0 Å². The standard InChI is InChI=1S/C23H21N5O3S2/c1-17-4-6-18(7-5-17)21-16-32-23(26-21)27-22(29)19-8-10-20(11-9-19)33(30,31)28(14-2-12-24)15-3-13-25/h4-11,16H,2-3,14-15H2,1H3,(H,26,27,29). The monoisotopic (exact) mass is 479 g/mol. The number of benzene rings is 2. The quantitative estimate of drug-likeness (QED) is 0.490. The van der Waals surface area contributed by atoms with Crippen LogP contribution in [0.25, 0.3) is 11.3 Å². The number of thiazole rings is 1. The van der Waals surface area contributed by atoms with Gasteiger partial charge in [0.05, 0.1) is 22.7 Å². The Morgan fingerprint density at radius 2 is 1.64 bits per heavy atom. The Balaban J connectivity index is 1.71. The number of rotatable bonds is 9. The lowest BCUT2D eigenvalue weighted by Crippen LogP contribution is -2.32. The van der Waals surface area contributed by atoms with Gasteiger partial charge in [-0.05, 0) is 31.2 Å². The van der Waals surface area contributed by atoms with Gasteiger partial charge in [0.15, 0.2) is 5.13 Å². The van der Waals surface area contributed by atoms with E-state index in [0.717, 1.165) is 21.1 Å². The van der Waals surface area contributed by atoms with E-state index in [-0.39, 0.29) is 36.4 Å². The Morgan fingerprint density at radius 1 is 1.03 bits per heavy atom. The van der Waals surface area contributed by atoms with Gasteiger partial charge in [0.25, 0.3) is 5.91 Å². The zero-order valence-electron chi connectivity index (χ0n) is 17.9. The molecule has 1 N–H and O–H groups in total. The molecule has 10 heteroatoms. The second-order valence-electron chi connectivity index (χ2n) is 7.10. The van der Waals surface area contributed by atoms with Crippen LogP contribution >= 0.6 is 11.3 Å². The van der Waals surface area contributed by atoms with Crippen molar-refractivity contribution >= 4 is 32.4 Å². The number of carbonyl (C=O) groups excluding carboxylic acids is 1. The molecule has 1 amide bonds. The highest BCUT2D eigenvalue weighted by Crippen LogP contribution is 2.26. The number of aryl methyl sites for hydroxylation is 1. The molecule has 33 heavy (non-hydrogen) atoms. The lowest BCUT2D eigenvalue weighted by molar-refractivity contribution is 0.102. The minimum Gasteiger partial charge on any atom is -0.298 e. The van der Waals surface area contributed by atoms with E-state index in [1.807, 2.05) is 48.7 Å². The fraction of sp³-hybridized carbons (Fsp3) is 0.217. The number of anilines is 1. The van der Waals surface area contributed by atoms with E-state index in [9.17, 15) is 13.2 Å². The molecule has 0 fully saturated rings. The van der Waals surface area contributed by atoms with E-state index in [2.05, 4.69) is 10.3 Å². The van der Waals surface area contributed by atoms with E-state index < -0.39 is 15.9 Å². The molecular formula is C23H21N5O3S2. The van der Waals surface area contributed by atoms with Crippen molar-refractivity contribution in [2.75, 3.05) is 18.4 Å². The predicted molar refractivity (Wildman–Crippen MR) is 126 cm³/mol. The molecule has 0 aliphatic carbocycles. The van der Waals surface area contributed by atoms with Gasteiger partial charge in [0, 0.05) is 42.4 Å². The van der Waals surface area contributed by atoms with Crippen molar-refractivity contribution in [3.8, 4) is 23.4 Å². The third-order valence-electron chi connectivity index (χ3n) is 4.77. The first-order valence-corrected chi connectivity index (χ1v) is 12.3. The van der Waals surface area contributed by atoms with Crippen LogP contribution in [0.3, 0.4) is 0 Å². The number of nitrogens with one attached hydrogen (secondary N) is 1. The molecule has 0 aliphatic rings. The number of carbonyl (C=O) groups is 1. The summed E-state index contributed by atoms with van der Waals surface area (Å²) < 4.78 is 26.9. The molecule has 2 aromatic carbocycles. The van der Waals surface area contributed by atoms with Crippen molar-refractivity contribution < 1.29 is 13.2 Å². The number of hydrogen-bond donors (Lipinski definition) is 1. The van der Waals surface area contributed by atoms with Crippen LogP contribution in [0.5, 0.6) is 0 Å². The number of aromatic nitrogens is 1. The van der Waals surface area contributed by atoms with Crippen molar-refractivity contribution in [2.45, 2.75) is 24.7 Å². The van der Waals surface area contributed by atoms with Gasteiger partial charge in [-0.3, -0.25) is 10.1 Å². The molecule has 0 radical (unpaired) electrons. The lowest BCUT2D eigenvalue weighted by Gasteiger charge is -2.20. The Morgan fingerprint density at radius 3 is 2.21 bits per heavy atom. The maximum Gasteiger partial charge on any atom is 0.257 e. The normalized spacial score (nSPS) is 11.0. The zero-order valence-corrected chi connectivity index (χ0v) is 19.5. The highest BCUT2D eigenvalue weighted by molar-refractivity contribution is 7.89. The van der Waals surface area contributed by atoms with E-state index in [1.54, 1.807) is 0 Å². The number of nitrogens with zero attached hydrogens (tertiary/aromatic N) is 4. The summed E-state index contributed by atoms with van der Waals surface area (Å²) in [5.74, 6) is -0.408. The highest BCUT2D eigenvalue weighted by atomic mass is 32.2. The van der Waals surface area contributed by atoms with Crippen LogP contribution in [0.15, 0.2) is 58.8 Å². The average molecular weight is 480 g/mol. The van der Waals surface area contributed by atoms with Crippen molar-refractivity contribution in [1.29, 1.82) is 10.5 Å². The first-order valence-electron chi connectivity index (χ1n) is 10.0. The molecule has 3 aromatic rings. The second-order valence-corrected chi connectivity index (χ2v) is 9.90. The maximum absolute atomic E-state index is 12.9. The first-order chi connectivity index (χ1) is 15.8. The smallest absolute Gasteiger partial charge is 0.257 e. The van der Waals surface area contributed by atoms with Gasteiger partial charge in [-0.1, -0.05) is 29.8 Å². The molecule has 0 atom stereocenters. The van der Waals surface area contributed by atoms with Gasteiger partial charge in [0.1, 0.15) is 0 Å². The van der Waals surface area contributed by atoms with Gasteiger partial charge in [-0.25, -0.2) is 13.4 Å². The van der Waals surface area contributed by atoms with Crippen LogP contribution in [-0.2, 0) is 10.0 Å². The lowest BCUT2D eigenvalue weighted by atomic mass is 10.1. The van der Waals surface area contributed by atoms with Gasteiger partial charge < -0.3 is 0 Å². The minimum absolute atomic E-state index is 0.00385. The summed E-state index contributed by atoms with van der Waals surface area (Å²) in [6.45, 7) is 2.00. The summed E-state index contributed by atoms with van der Waals surface area (Å²) in [5, 5.41) is 22.6. The highest BCUT2D eigenvalue weighted by Gasteiger charge is 2.24. The Hall–Kier alpha value is -3.57. The van der Waals surface area contributed by atoms with Crippen LogP contribution < -0.4 is 5.32 Å². The fourth-order valence-corrected chi connectivity index (χ4v) is 5.14. The molecule has 1 aromatic heterocycles. The van der Waals surface area contributed by atoms with Crippen molar-refractivity contribution in [3.63, 3.8) is 0 Å². The molecule has 0 unspecified atom stereocenters. The van der Waals surface area contributed by atoms with Gasteiger partial charge in [-0.15, -0.1) is 11.3 Å². The maximum atomic E-state index is 12.9. The third kappa shape index (κ3) is 6.02. The van der Waals surface area contributed by atoms with Crippen LogP contribution in [0.1, 0.15) is 28.8 Å². The van der Waals surface area contributed by atoms with E-state index in [0.29, 0.717) is 5.13 Å². The van der Waals surface area contributed by atoms with E-state index >= 15 is 0 Å². The largest absolute Gasteiger partial charge is 0.298 e. The fourth-order valence-electron chi connectivity index (χ4n) is 2.99. The molecule has 0 bridgehead atoms. The van der Waals surface area contributed by atoms with Crippen LogP contribution in [0.2, 0.25) is 0 Å². The third-order valence-corrected chi connectivity index (χ3v) is 7.44. The molecule has 168 valence electrons. The number of nitriles is 2. The molecule has 8 nitrogen and oxygen atoms in total. The van der Waals surface area contributed by atoms with E-state index in [4.69, 9.17) is 10.5 Å². The second kappa shape index (κ2) is 10.8. The summed E-state index contributed by atoms with van der Waals surface area (Å²) in [6, 6.07) is 17.3. The summed E-state index contributed by atoms with van der Waals surface area (Å²) in [4.78, 5) is 17.0. The minimum atomic E-state index is -3.89. The topological polar surface area (TPSA) is 127 Å². The molecule has 0 saturated heterocycles. The summed E-state index contributed by atoms with van der Waals surface area (Å²) in [7, 11) is -3.89. The number of hydrogen-bond acceptors (Lipinski definition) is 7. The molecular weight excluding hydrogens is 458 g/mol. The van der Waals surface area contributed by atoms with E-state index in [1.165, 1.54) is 35.6 Å².